The molecule has 1 amide bonds. The van der Waals surface area contributed by atoms with Crippen LogP contribution < -0.4 is 4.90 Å². The van der Waals surface area contributed by atoms with Crippen LogP contribution in [0.2, 0.25) is 0 Å². The van der Waals surface area contributed by atoms with E-state index in [4.69, 9.17) is 4.74 Å². The molecular weight excluding hydrogens is 486 g/mol. The number of aliphatic hydroxyl groups is 1. The minimum atomic E-state index is -0.274. The first-order valence-corrected chi connectivity index (χ1v) is 14.4. The number of anilines is 1. The first-order valence-electron chi connectivity index (χ1n) is 14.4. The predicted molar refractivity (Wildman–Crippen MR) is 158 cm³/mol. The smallest absolute Gasteiger partial charge is 0.230 e. The average Bonchev–Trinajstić information content (AvgIpc) is 3.38. The molecule has 0 bridgehead atoms. The summed E-state index contributed by atoms with van der Waals surface area (Å²) in [6.45, 7) is 11.2. The van der Waals surface area contributed by atoms with Gasteiger partial charge in [0.25, 0.3) is 0 Å². The summed E-state index contributed by atoms with van der Waals surface area (Å²) in [6.07, 6.45) is 14.9. The zero-order valence-electron chi connectivity index (χ0n) is 24.1. The van der Waals surface area contributed by atoms with E-state index in [1.807, 2.05) is 54.9 Å². The van der Waals surface area contributed by atoms with E-state index in [0.29, 0.717) is 24.7 Å². The fraction of sp³-hybridized carbons (Fsp3) is 0.515. The van der Waals surface area contributed by atoms with Gasteiger partial charge >= 0.3 is 0 Å². The van der Waals surface area contributed by atoms with Gasteiger partial charge in [-0.1, -0.05) is 24.3 Å². The fourth-order valence-electron chi connectivity index (χ4n) is 5.98. The van der Waals surface area contributed by atoms with Gasteiger partial charge in [0, 0.05) is 30.0 Å². The van der Waals surface area contributed by atoms with Crippen molar-refractivity contribution in [1.29, 1.82) is 0 Å². The largest absolute Gasteiger partial charge is 0.497 e. The van der Waals surface area contributed by atoms with Gasteiger partial charge in [0.1, 0.15) is 5.76 Å². The second-order valence-corrected chi connectivity index (χ2v) is 11.6. The number of aryl methyl sites for hydroxylation is 1. The van der Waals surface area contributed by atoms with Gasteiger partial charge in [-0.3, -0.25) is 4.79 Å². The van der Waals surface area contributed by atoms with Crippen molar-refractivity contribution < 1.29 is 14.6 Å². The van der Waals surface area contributed by atoms with Crippen molar-refractivity contribution in [2.45, 2.75) is 78.2 Å². The Morgan fingerprint density at radius 2 is 1.79 bits per heavy atom. The van der Waals surface area contributed by atoms with Gasteiger partial charge in [-0.05, 0) is 114 Å². The van der Waals surface area contributed by atoms with E-state index < -0.39 is 0 Å². The molecule has 2 aliphatic rings. The van der Waals surface area contributed by atoms with E-state index in [9.17, 15) is 9.90 Å². The molecule has 1 heterocycles. The molecule has 6 nitrogen and oxygen atoms in total. The third-order valence-corrected chi connectivity index (χ3v) is 8.44. The van der Waals surface area contributed by atoms with Crippen LogP contribution in [0.25, 0.3) is 5.69 Å². The van der Waals surface area contributed by atoms with E-state index in [-0.39, 0.29) is 17.9 Å². The third-order valence-electron chi connectivity index (χ3n) is 8.44. The number of aromatic nitrogens is 2. The number of hydrogen-bond donors (Lipinski definition) is 1. The molecule has 0 spiro atoms. The molecule has 39 heavy (non-hydrogen) atoms. The number of methoxy groups -OCH3 is 1. The molecular formula is C33H45N3O3. The van der Waals surface area contributed by atoms with Crippen LogP contribution in [0.5, 0.6) is 0 Å². The maximum absolute atomic E-state index is 13.9. The molecule has 210 valence electrons. The Morgan fingerprint density at radius 1 is 1.10 bits per heavy atom. The van der Waals surface area contributed by atoms with Crippen LogP contribution in [0.3, 0.4) is 0 Å². The third kappa shape index (κ3) is 7.51. The molecule has 0 radical (unpaired) electrons. The molecule has 1 N–H and O–H groups in total. The van der Waals surface area contributed by atoms with Crippen LogP contribution in [0.1, 0.15) is 70.9 Å². The summed E-state index contributed by atoms with van der Waals surface area (Å²) in [5.41, 5.74) is 5.21. The number of rotatable bonds is 9. The molecule has 6 heteroatoms. The summed E-state index contributed by atoms with van der Waals surface area (Å²) in [6, 6.07) is 8.24. The summed E-state index contributed by atoms with van der Waals surface area (Å²) >= 11 is 0. The molecule has 1 aromatic heterocycles. The topological polar surface area (TPSA) is 67.6 Å². The van der Waals surface area contributed by atoms with Crippen molar-refractivity contribution in [2.75, 3.05) is 18.6 Å². The predicted octanol–water partition coefficient (Wildman–Crippen LogP) is 6.92. The minimum Gasteiger partial charge on any atom is -0.497 e. The Morgan fingerprint density at radius 3 is 2.41 bits per heavy atom. The van der Waals surface area contributed by atoms with E-state index in [0.717, 1.165) is 79.0 Å². The number of carbonyl (C=O) groups is 1. The molecule has 2 aromatic rings. The van der Waals surface area contributed by atoms with Crippen LogP contribution in [0.4, 0.5) is 5.69 Å². The SMILES string of the molecule is C=C(/C=C\C(OC)=C(C)C)[C@H]1CC[C@H](CN(c2cccc(-n3cnc(C)c3)c2)C(=O)[C@H]2CC[C@H](O)CC2)CC1. The lowest BCUT2D eigenvalue weighted by Crippen LogP contribution is -2.42. The Labute approximate surface area is 234 Å². The number of allylic oxidation sites excluding steroid dienone is 4. The van der Waals surface area contributed by atoms with Crippen molar-refractivity contribution in [3.8, 4) is 5.69 Å². The number of benzene rings is 1. The van der Waals surface area contributed by atoms with E-state index >= 15 is 0 Å². The van der Waals surface area contributed by atoms with E-state index in [1.165, 1.54) is 0 Å². The van der Waals surface area contributed by atoms with Crippen LogP contribution in [0.15, 0.2) is 72.4 Å². The quantitative estimate of drug-likeness (QED) is 0.282. The number of hydrogen-bond acceptors (Lipinski definition) is 4. The molecule has 0 atom stereocenters. The highest BCUT2D eigenvalue weighted by Gasteiger charge is 2.32. The average molecular weight is 532 g/mol. The van der Waals surface area contributed by atoms with Crippen molar-refractivity contribution in [2.24, 2.45) is 17.8 Å². The first kappa shape index (κ1) is 28.9. The number of carbonyl (C=O) groups excluding carboxylic acids is 1. The Bertz CT molecular complexity index is 1190. The van der Waals surface area contributed by atoms with Crippen molar-refractivity contribution >= 4 is 11.6 Å². The van der Waals surface area contributed by atoms with Gasteiger partial charge in [-0.25, -0.2) is 4.98 Å². The number of ether oxygens (including phenoxy) is 1. The maximum Gasteiger partial charge on any atom is 0.230 e. The minimum absolute atomic E-state index is 0.0288. The summed E-state index contributed by atoms with van der Waals surface area (Å²) in [5, 5.41) is 10.0. The lowest BCUT2D eigenvalue weighted by molar-refractivity contribution is -0.124. The standard InChI is InChI=1S/C33H45N3O3/c1-23(2)32(39-5)18-9-24(3)27-12-10-26(11-13-27)21-36(33(38)28-14-16-31(37)17-15-28)30-8-6-7-29(19-30)35-20-25(4)34-22-35/h6-9,18-20,22,26-28,31,37H,3,10-17,21H2,1-2,4-5H3/b18-9-/t26-,27-,28-,31-. The number of aliphatic hydroxyl groups excluding tert-OH is 1. The summed E-state index contributed by atoms with van der Waals surface area (Å²) in [4.78, 5) is 20.3. The highest BCUT2D eigenvalue weighted by atomic mass is 16.5. The molecule has 1 aromatic carbocycles. The Balaban J connectivity index is 1.47. The van der Waals surface area contributed by atoms with Crippen molar-refractivity contribution in [3.63, 3.8) is 0 Å². The van der Waals surface area contributed by atoms with Crippen LogP contribution >= 0.6 is 0 Å². The van der Waals surface area contributed by atoms with Gasteiger partial charge < -0.3 is 19.3 Å². The van der Waals surface area contributed by atoms with Crippen LogP contribution in [-0.4, -0.2) is 40.3 Å². The zero-order chi connectivity index (χ0) is 27.9. The monoisotopic (exact) mass is 531 g/mol. The van der Waals surface area contributed by atoms with Crippen LogP contribution in [0, 0.1) is 24.7 Å². The molecule has 4 rings (SSSR count). The molecule has 0 aliphatic heterocycles. The second-order valence-electron chi connectivity index (χ2n) is 11.6. The van der Waals surface area contributed by atoms with Crippen molar-refractivity contribution in [3.05, 3.63) is 78.1 Å². The molecule has 2 saturated carbocycles. The first-order chi connectivity index (χ1) is 18.7. The highest BCUT2D eigenvalue weighted by Crippen LogP contribution is 2.36. The Kier molecular flexibility index (Phi) is 9.84. The number of amides is 1. The maximum atomic E-state index is 13.9. The molecule has 0 unspecified atom stereocenters. The highest BCUT2D eigenvalue weighted by molar-refractivity contribution is 5.95. The van der Waals surface area contributed by atoms with Gasteiger partial charge in [-0.2, -0.15) is 0 Å². The van der Waals surface area contributed by atoms with Crippen LogP contribution in [-0.2, 0) is 9.53 Å². The lowest BCUT2D eigenvalue weighted by Gasteiger charge is -2.36. The summed E-state index contributed by atoms with van der Waals surface area (Å²) in [7, 11) is 1.70. The van der Waals surface area contributed by atoms with Gasteiger partial charge in [0.15, 0.2) is 0 Å². The van der Waals surface area contributed by atoms with E-state index in [2.05, 4.69) is 35.8 Å². The molecule has 2 aliphatic carbocycles. The molecule has 0 saturated heterocycles. The molecule has 2 fully saturated rings. The fourth-order valence-corrected chi connectivity index (χ4v) is 5.98. The second kappa shape index (κ2) is 13.3. The summed E-state index contributed by atoms with van der Waals surface area (Å²) < 4.78 is 7.47. The Hall–Kier alpha value is -3.12. The number of imidazole rings is 1. The van der Waals surface area contributed by atoms with Gasteiger partial charge in [-0.15, -0.1) is 0 Å². The van der Waals surface area contributed by atoms with E-state index in [1.54, 1.807) is 7.11 Å². The number of nitrogens with zero attached hydrogens (tertiary/aromatic N) is 3. The zero-order valence-corrected chi connectivity index (χ0v) is 24.1. The van der Waals surface area contributed by atoms with Gasteiger partial charge in [0.05, 0.1) is 25.2 Å². The van der Waals surface area contributed by atoms with Crippen molar-refractivity contribution in [1.82, 2.24) is 9.55 Å². The normalized spacial score (nSPS) is 23.4. The van der Waals surface area contributed by atoms with Gasteiger partial charge in [0.2, 0.25) is 5.91 Å². The lowest BCUT2D eigenvalue weighted by atomic mass is 9.78. The summed E-state index contributed by atoms with van der Waals surface area (Å²) in [5.74, 6) is 1.97.